The quantitative estimate of drug-likeness (QED) is 0.260. The van der Waals surface area contributed by atoms with Crippen molar-refractivity contribution < 1.29 is 4.79 Å². The van der Waals surface area contributed by atoms with Crippen LogP contribution in [0.15, 0.2) is 65.9 Å². The Hall–Kier alpha value is -2.82. The minimum Gasteiger partial charge on any atom is -0.294 e. The number of carbonyl (C=O) groups excluding carboxylic acids is 1. The smallest absolute Gasteiger partial charge is 0.162 e. The van der Waals surface area contributed by atoms with E-state index in [-0.39, 0.29) is 11.6 Å². The second kappa shape index (κ2) is 7.83. The predicted molar refractivity (Wildman–Crippen MR) is 86.4 cm³/mol. The van der Waals surface area contributed by atoms with Crippen LogP contribution in [0, 0.1) is 10.9 Å². The summed E-state index contributed by atoms with van der Waals surface area (Å²) in [5, 5.41) is 12.7. The second-order valence-electron chi connectivity index (χ2n) is 4.84. The van der Waals surface area contributed by atoms with E-state index in [1.807, 2.05) is 36.4 Å². The number of Topliss-reactive ketones (excluding diaryl/α,β-unsaturated/α-hetero) is 1. The highest BCUT2D eigenvalue weighted by atomic mass is 16.1. The van der Waals surface area contributed by atoms with Crippen LogP contribution in [0.4, 0.5) is 5.69 Å². The Morgan fingerprint density at radius 1 is 0.955 bits per heavy atom. The minimum absolute atomic E-state index is 0.0717. The molecule has 2 aromatic rings. The summed E-state index contributed by atoms with van der Waals surface area (Å²) in [6.07, 6.45) is 1.34. The maximum absolute atomic E-state index is 12.0. The maximum Gasteiger partial charge on any atom is 0.162 e. The van der Waals surface area contributed by atoms with Gasteiger partial charge in [-0.1, -0.05) is 53.8 Å². The maximum atomic E-state index is 12.0. The fourth-order valence-electron chi connectivity index (χ4n) is 2.13. The molecule has 0 aliphatic heterocycles. The average molecular weight is 294 g/mol. The Kier molecular flexibility index (Phi) is 5.54. The van der Waals surface area contributed by atoms with E-state index in [4.69, 9.17) is 10.9 Å². The van der Waals surface area contributed by atoms with Gasteiger partial charge in [0.25, 0.3) is 0 Å². The molecule has 0 heterocycles. The van der Waals surface area contributed by atoms with Crippen LogP contribution >= 0.6 is 0 Å². The largest absolute Gasteiger partial charge is 0.294 e. The lowest BCUT2D eigenvalue weighted by molar-refractivity contribution is 0.0981. The number of nitrogens with zero attached hydrogens (tertiary/aromatic N) is 2. The van der Waals surface area contributed by atoms with E-state index in [0.717, 1.165) is 0 Å². The van der Waals surface area contributed by atoms with Crippen molar-refractivity contribution in [2.24, 2.45) is 5.22 Å². The fourth-order valence-corrected chi connectivity index (χ4v) is 2.13. The van der Waals surface area contributed by atoms with E-state index in [1.165, 1.54) is 5.01 Å². The Morgan fingerprint density at radius 2 is 1.55 bits per heavy atom. The summed E-state index contributed by atoms with van der Waals surface area (Å²) in [5.74, 6) is 0.282. The lowest BCUT2D eigenvalue weighted by Gasteiger charge is -2.17. The van der Waals surface area contributed by atoms with Crippen LogP contribution in [0.25, 0.3) is 0 Å². The highest BCUT2D eigenvalue weighted by Gasteiger charge is 2.12. The molecule has 0 saturated carbocycles. The summed E-state index contributed by atoms with van der Waals surface area (Å²) in [5.41, 5.74) is 8.60. The van der Waals surface area contributed by atoms with Crippen molar-refractivity contribution in [3.8, 4) is 0 Å². The Bertz CT molecular complexity index is 640. The zero-order valence-electron chi connectivity index (χ0n) is 12.2. The SMILES string of the molecule is N=NN(C(=N)CCCC(=O)c1ccccc1)c1ccccc1. The van der Waals surface area contributed by atoms with Crippen molar-refractivity contribution >= 4 is 17.3 Å². The first kappa shape index (κ1) is 15.6. The molecule has 0 spiro atoms. The van der Waals surface area contributed by atoms with Gasteiger partial charge in [-0.2, -0.15) is 5.53 Å². The Labute approximate surface area is 129 Å². The van der Waals surface area contributed by atoms with Crippen LogP contribution in [0.5, 0.6) is 0 Å². The summed E-state index contributed by atoms with van der Waals surface area (Å²) in [6, 6.07) is 18.3. The Balaban J connectivity index is 1.87. The van der Waals surface area contributed by atoms with Gasteiger partial charge in [-0.05, 0) is 18.6 Å². The van der Waals surface area contributed by atoms with E-state index in [0.29, 0.717) is 30.5 Å². The van der Waals surface area contributed by atoms with Crippen molar-refractivity contribution in [1.29, 1.82) is 10.9 Å². The third kappa shape index (κ3) is 4.09. The zero-order chi connectivity index (χ0) is 15.8. The van der Waals surface area contributed by atoms with Gasteiger partial charge < -0.3 is 0 Å². The van der Waals surface area contributed by atoms with Crippen molar-refractivity contribution in [3.63, 3.8) is 0 Å². The summed E-state index contributed by atoms with van der Waals surface area (Å²) in [7, 11) is 0. The molecule has 112 valence electrons. The minimum atomic E-state index is 0.0717. The van der Waals surface area contributed by atoms with Gasteiger partial charge in [0.15, 0.2) is 5.78 Å². The van der Waals surface area contributed by atoms with Gasteiger partial charge in [0, 0.05) is 18.4 Å². The highest BCUT2D eigenvalue weighted by Crippen LogP contribution is 2.16. The lowest BCUT2D eigenvalue weighted by Crippen LogP contribution is -2.23. The Morgan fingerprint density at radius 3 is 2.14 bits per heavy atom. The molecule has 0 saturated heterocycles. The third-order valence-corrected chi connectivity index (χ3v) is 3.27. The molecule has 5 heteroatoms. The van der Waals surface area contributed by atoms with Crippen LogP contribution in [0.1, 0.15) is 29.6 Å². The molecule has 0 radical (unpaired) electrons. The van der Waals surface area contributed by atoms with Gasteiger partial charge in [-0.3, -0.25) is 10.2 Å². The predicted octanol–water partition coefficient (Wildman–Crippen LogP) is 4.47. The second-order valence-corrected chi connectivity index (χ2v) is 4.84. The topological polar surface area (TPSA) is 80.4 Å². The van der Waals surface area contributed by atoms with E-state index in [2.05, 4.69) is 5.22 Å². The molecular weight excluding hydrogens is 276 g/mol. The van der Waals surface area contributed by atoms with Gasteiger partial charge in [0.1, 0.15) is 5.84 Å². The molecule has 0 aliphatic carbocycles. The molecule has 0 fully saturated rings. The van der Waals surface area contributed by atoms with E-state index in [9.17, 15) is 4.79 Å². The average Bonchev–Trinajstić information content (AvgIpc) is 2.57. The molecule has 0 aliphatic rings. The van der Waals surface area contributed by atoms with Gasteiger partial charge in [-0.15, -0.1) is 0 Å². The van der Waals surface area contributed by atoms with Crippen molar-refractivity contribution in [2.45, 2.75) is 19.3 Å². The molecule has 0 aromatic heterocycles. The molecule has 2 rings (SSSR count). The molecule has 0 unspecified atom stereocenters. The lowest BCUT2D eigenvalue weighted by atomic mass is 10.1. The molecular formula is C17H18N4O. The summed E-state index contributed by atoms with van der Waals surface area (Å²) in [6.45, 7) is 0. The van der Waals surface area contributed by atoms with E-state index in [1.54, 1.807) is 24.3 Å². The molecule has 22 heavy (non-hydrogen) atoms. The summed E-state index contributed by atoms with van der Waals surface area (Å²) >= 11 is 0. The van der Waals surface area contributed by atoms with Crippen LogP contribution in [-0.4, -0.2) is 11.6 Å². The number of hydrogen-bond acceptors (Lipinski definition) is 4. The third-order valence-electron chi connectivity index (χ3n) is 3.27. The van der Waals surface area contributed by atoms with Gasteiger partial charge >= 0.3 is 0 Å². The molecule has 2 N–H and O–H groups in total. The van der Waals surface area contributed by atoms with Crippen molar-refractivity contribution in [3.05, 3.63) is 66.2 Å². The number of carbonyl (C=O) groups is 1. The van der Waals surface area contributed by atoms with Crippen molar-refractivity contribution in [1.82, 2.24) is 0 Å². The van der Waals surface area contributed by atoms with Gasteiger partial charge in [0.2, 0.25) is 0 Å². The first-order valence-corrected chi connectivity index (χ1v) is 7.10. The monoisotopic (exact) mass is 294 g/mol. The van der Waals surface area contributed by atoms with E-state index >= 15 is 0 Å². The zero-order valence-corrected chi connectivity index (χ0v) is 12.2. The fraction of sp³-hybridized carbons (Fsp3) is 0.176. The normalized spacial score (nSPS) is 10.0. The van der Waals surface area contributed by atoms with Crippen LogP contribution in [0.2, 0.25) is 0 Å². The molecule has 0 atom stereocenters. The van der Waals surface area contributed by atoms with E-state index < -0.39 is 0 Å². The number of benzene rings is 2. The molecule has 2 aromatic carbocycles. The van der Waals surface area contributed by atoms with Gasteiger partial charge in [-0.25, -0.2) is 5.01 Å². The number of rotatable bonds is 7. The van der Waals surface area contributed by atoms with Gasteiger partial charge in [0.05, 0.1) is 5.69 Å². The number of nitrogens with one attached hydrogen (secondary N) is 2. The van der Waals surface area contributed by atoms with Crippen LogP contribution < -0.4 is 5.01 Å². The number of ketones is 1. The summed E-state index contributed by atoms with van der Waals surface area (Å²) in [4.78, 5) is 12.0. The molecule has 0 bridgehead atoms. The molecule has 0 amide bonds. The first-order valence-electron chi connectivity index (χ1n) is 7.10. The number of para-hydroxylation sites is 1. The number of amidine groups is 1. The van der Waals surface area contributed by atoms with Crippen LogP contribution in [-0.2, 0) is 0 Å². The van der Waals surface area contributed by atoms with Crippen LogP contribution in [0.3, 0.4) is 0 Å². The first-order chi connectivity index (χ1) is 10.7. The molecule has 5 nitrogen and oxygen atoms in total. The number of anilines is 1. The standard InChI is InChI=1S/C17H18N4O/c18-17(21(20-19)15-10-5-2-6-11-15)13-7-12-16(22)14-8-3-1-4-9-14/h1-6,8-11,18-19H,7,12-13H2. The highest BCUT2D eigenvalue weighted by molar-refractivity contribution is 5.97. The van der Waals surface area contributed by atoms with Crippen molar-refractivity contribution in [2.75, 3.05) is 5.01 Å². The summed E-state index contributed by atoms with van der Waals surface area (Å²) < 4.78 is 0. The number of hydrogen-bond donors (Lipinski definition) is 2.